The van der Waals surface area contributed by atoms with Crippen molar-refractivity contribution >= 4 is 35.8 Å². The van der Waals surface area contributed by atoms with E-state index in [4.69, 9.17) is 4.74 Å². The summed E-state index contributed by atoms with van der Waals surface area (Å²) < 4.78 is 41.2. The maximum Gasteiger partial charge on any atom is 0.390 e. The van der Waals surface area contributed by atoms with Crippen LogP contribution in [0.25, 0.3) is 0 Å². The molecule has 6 nitrogen and oxygen atoms in total. The molecule has 142 valence electrons. The van der Waals surface area contributed by atoms with Gasteiger partial charge in [0, 0.05) is 32.2 Å². The summed E-state index contributed by atoms with van der Waals surface area (Å²) in [7, 11) is 3.00. The second kappa shape index (κ2) is 11.8. The summed E-state index contributed by atoms with van der Waals surface area (Å²) in [5, 5.41) is 8.06. The number of nitrogens with one attached hydrogen (secondary N) is 3. The van der Waals surface area contributed by atoms with Crippen LogP contribution >= 0.6 is 24.0 Å². The lowest BCUT2D eigenvalue weighted by Crippen LogP contribution is -2.42. The number of hydrogen-bond acceptors (Lipinski definition) is 3. The Balaban J connectivity index is 0.00000576. The van der Waals surface area contributed by atoms with E-state index in [9.17, 15) is 18.0 Å². The lowest BCUT2D eigenvalue weighted by molar-refractivity contribution is -0.132. The van der Waals surface area contributed by atoms with Crippen LogP contribution in [0.5, 0.6) is 5.75 Å². The van der Waals surface area contributed by atoms with Crippen molar-refractivity contribution in [2.24, 2.45) is 4.99 Å². The fourth-order valence-electron chi connectivity index (χ4n) is 1.74. The Morgan fingerprint density at radius 1 is 1.08 bits per heavy atom. The average Bonchev–Trinajstić information content (AvgIpc) is 2.55. The highest BCUT2D eigenvalue weighted by atomic mass is 127. The summed E-state index contributed by atoms with van der Waals surface area (Å²) in [5.41, 5.74) is 0.489. The maximum absolute atomic E-state index is 12.1. The standard InChI is InChI=1S/C15H21F3N4O2.HI/c1-19-14(21-8-7-15(16,17)18)22-10-9-20-13(23)11-3-5-12(24-2)6-4-11;/h3-6H,7-10H2,1-2H3,(H,20,23)(H2,19,21,22);1H. The zero-order chi connectivity index (χ0) is 18.0. The van der Waals surface area contributed by atoms with Crippen molar-refractivity contribution in [1.82, 2.24) is 16.0 Å². The summed E-state index contributed by atoms with van der Waals surface area (Å²) in [6, 6.07) is 6.64. The van der Waals surface area contributed by atoms with E-state index in [0.717, 1.165) is 0 Å². The van der Waals surface area contributed by atoms with Gasteiger partial charge in [-0.25, -0.2) is 0 Å². The summed E-state index contributed by atoms with van der Waals surface area (Å²) in [5.74, 6) is 0.652. The van der Waals surface area contributed by atoms with E-state index >= 15 is 0 Å². The van der Waals surface area contributed by atoms with Crippen LogP contribution in [0, 0.1) is 0 Å². The number of carbonyl (C=O) groups is 1. The van der Waals surface area contributed by atoms with Gasteiger partial charge in [-0.1, -0.05) is 0 Å². The lowest BCUT2D eigenvalue weighted by atomic mass is 10.2. The molecular formula is C15H22F3IN4O2. The fraction of sp³-hybridized carbons (Fsp3) is 0.467. The van der Waals surface area contributed by atoms with Gasteiger partial charge in [0.25, 0.3) is 5.91 Å². The molecule has 10 heteroatoms. The zero-order valence-electron chi connectivity index (χ0n) is 13.9. The Morgan fingerprint density at radius 2 is 1.64 bits per heavy atom. The molecule has 0 aromatic heterocycles. The highest BCUT2D eigenvalue weighted by molar-refractivity contribution is 14.0. The predicted octanol–water partition coefficient (Wildman–Crippen LogP) is 2.16. The SMILES string of the molecule is CN=C(NCCNC(=O)c1ccc(OC)cc1)NCCC(F)(F)F.I. The number of methoxy groups -OCH3 is 1. The third-order valence-electron chi connectivity index (χ3n) is 2.98. The van der Waals surface area contributed by atoms with Gasteiger partial charge < -0.3 is 20.7 Å². The minimum absolute atomic E-state index is 0. The van der Waals surface area contributed by atoms with Gasteiger partial charge in [0.15, 0.2) is 5.96 Å². The molecule has 3 N–H and O–H groups in total. The monoisotopic (exact) mass is 474 g/mol. The van der Waals surface area contributed by atoms with Crippen LogP contribution in [0.2, 0.25) is 0 Å². The number of nitrogens with zero attached hydrogens (tertiary/aromatic N) is 1. The first-order chi connectivity index (χ1) is 11.4. The number of guanidine groups is 1. The average molecular weight is 474 g/mol. The number of aliphatic imine (C=N–C) groups is 1. The van der Waals surface area contributed by atoms with Crippen LogP contribution < -0.4 is 20.7 Å². The van der Waals surface area contributed by atoms with Crippen molar-refractivity contribution in [3.8, 4) is 5.75 Å². The van der Waals surface area contributed by atoms with Crippen molar-refractivity contribution in [1.29, 1.82) is 0 Å². The fourth-order valence-corrected chi connectivity index (χ4v) is 1.74. The molecule has 0 aliphatic carbocycles. The number of carbonyl (C=O) groups excluding carboxylic acids is 1. The minimum atomic E-state index is -4.21. The first-order valence-electron chi connectivity index (χ1n) is 7.29. The molecule has 0 saturated heterocycles. The highest BCUT2D eigenvalue weighted by Crippen LogP contribution is 2.18. The van der Waals surface area contributed by atoms with Gasteiger partial charge in [0.05, 0.1) is 13.5 Å². The van der Waals surface area contributed by atoms with Gasteiger partial charge in [-0.15, -0.1) is 24.0 Å². The number of halogens is 4. The van der Waals surface area contributed by atoms with Crippen molar-refractivity contribution in [2.75, 3.05) is 33.8 Å². The van der Waals surface area contributed by atoms with E-state index in [1.54, 1.807) is 24.3 Å². The number of benzene rings is 1. The van der Waals surface area contributed by atoms with Gasteiger partial charge in [0.2, 0.25) is 0 Å². The smallest absolute Gasteiger partial charge is 0.390 e. The Bertz CT molecular complexity index is 551. The number of rotatable bonds is 7. The van der Waals surface area contributed by atoms with Crippen molar-refractivity contribution < 1.29 is 22.7 Å². The van der Waals surface area contributed by atoms with Crippen molar-refractivity contribution in [3.63, 3.8) is 0 Å². The second-order valence-corrected chi connectivity index (χ2v) is 4.78. The van der Waals surface area contributed by atoms with Crippen LogP contribution in [0.1, 0.15) is 16.8 Å². The molecule has 0 aliphatic heterocycles. The van der Waals surface area contributed by atoms with E-state index in [1.165, 1.54) is 14.2 Å². The maximum atomic E-state index is 12.1. The van der Waals surface area contributed by atoms with Gasteiger partial charge in [-0.05, 0) is 24.3 Å². The molecule has 0 radical (unpaired) electrons. The normalized spacial score (nSPS) is 11.3. The van der Waals surface area contributed by atoms with Gasteiger partial charge >= 0.3 is 6.18 Å². The highest BCUT2D eigenvalue weighted by Gasteiger charge is 2.26. The molecule has 0 fully saturated rings. The third-order valence-corrected chi connectivity index (χ3v) is 2.98. The van der Waals surface area contributed by atoms with Crippen LogP contribution in [0.15, 0.2) is 29.3 Å². The Labute approximate surface area is 161 Å². The van der Waals surface area contributed by atoms with Crippen molar-refractivity contribution in [3.05, 3.63) is 29.8 Å². The van der Waals surface area contributed by atoms with E-state index in [1.807, 2.05) is 0 Å². The molecule has 1 aromatic rings. The summed E-state index contributed by atoms with van der Waals surface area (Å²) in [6.07, 6.45) is -5.15. The van der Waals surface area contributed by atoms with Crippen molar-refractivity contribution in [2.45, 2.75) is 12.6 Å². The lowest BCUT2D eigenvalue weighted by Gasteiger charge is -2.13. The van der Waals surface area contributed by atoms with Crippen LogP contribution in [0.3, 0.4) is 0 Å². The molecule has 0 atom stereocenters. The van der Waals surface area contributed by atoms with E-state index < -0.39 is 12.6 Å². The molecule has 25 heavy (non-hydrogen) atoms. The topological polar surface area (TPSA) is 74.8 Å². The minimum Gasteiger partial charge on any atom is -0.497 e. The Hall–Kier alpha value is -1.72. The zero-order valence-corrected chi connectivity index (χ0v) is 16.3. The summed E-state index contributed by atoms with van der Waals surface area (Å²) >= 11 is 0. The molecule has 0 unspecified atom stereocenters. The molecule has 0 bridgehead atoms. The van der Waals surface area contributed by atoms with Crippen LogP contribution in [0.4, 0.5) is 13.2 Å². The summed E-state index contributed by atoms with van der Waals surface area (Å²) in [6.45, 7) is 0.361. The molecule has 0 aliphatic rings. The molecule has 1 aromatic carbocycles. The number of hydrogen-bond donors (Lipinski definition) is 3. The quantitative estimate of drug-likeness (QED) is 0.245. The molecule has 0 saturated carbocycles. The number of alkyl halides is 3. The molecule has 0 heterocycles. The molecule has 1 rings (SSSR count). The van der Waals surface area contributed by atoms with Gasteiger partial charge in [-0.2, -0.15) is 13.2 Å². The van der Waals surface area contributed by atoms with E-state index in [0.29, 0.717) is 24.4 Å². The molecule has 1 amide bonds. The first kappa shape index (κ1) is 23.3. The van der Waals surface area contributed by atoms with Crippen LogP contribution in [-0.4, -0.2) is 51.8 Å². The summed E-state index contributed by atoms with van der Waals surface area (Å²) in [4.78, 5) is 15.7. The largest absolute Gasteiger partial charge is 0.497 e. The van der Waals surface area contributed by atoms with E-state index in [-0.39, 0.29) is 42.4 Å². The predicted molar refractivity (Wildman–Crippen MR) is 101 cm³/mol. The second-order valence-electron chi connectivity index (χ2n) is 4.78. The molecule has 0 spiro atoms. The van der Waals surface area contributed by atoms with Gasteiger partial charge in [0.1, 0.15) is 5.75 Å². The third kappa shape index (κ3) is 9.99. The first-order valence-corrected chi connectivity index (χ1v) is 7.29. The number of amides is 1. The molecular weight excluding hydrogens is 452 g/mol. The van der Waals surface area contributed by atoms with Crippen LogP contribution in [-0.2, 0) is 0 Å². The Morgan fingerprint density at radius 3 is 2.16 bits per heavy atom. The number of ether oxygens (including phenoxy) is 1. The van der Waals surface area contributed by atoms with E-state index in [2.05, 4.69) is 20.9 Å². The Kier molecular flexibility index (Phi) is 11.0. The van der Waals surface area contributed by atoms with Gasteiger partial charge in [-0.3, -0.25) is 9.79 Å².